The van der Waals surface area contributed by atoms with Crippen molar-refractivity contribution in [2.24, 2.45) is 11.7 Å². The molecule has 0 heterocycles. The maximum atomic E-state index is 5.10. The van der Waals surface area contributed by atoms with Crippen molar-refractivity contribution in [1.82, 2.24) is 0 Å². The molecule has 0 aliphatic rings. The summed E-state index contributed by atoms with van der Waals surface area (Å²) >= 11 is 0. The molecule has 6 heavy (non-hydrogen) atoms. The molecule has 37 valence electrons. The van der Waals surface area contributed by atoms with E-state index in [-0.39, 0.29) is 0 Å². The smallest absolute Gasteiger partial charge is 0.0194 e. The average Bonchev–Trinajstić information content (AvgIpc) is 1.35. The van der Waals surface area contributed by atoms with Crippen molar-refractivity contribution < 1.29 is 0 Å². The lowest BCUT2D eigenvalue weighted by Crippen LogP contribution is -1.94. The van der Waals surface area contributed by atoms with Gasteiger partial charge < -0.3 is 5.73 Å². The molecule has 0 bridgehead atoms. The van der Waals surface area contributed by atoms with E-state index in [4.69, 9.17) is 5.73 Å². The minimum Gasteiger partial charge on any atom is -0.326 e. The van der Waals surface area contributed by atoms with E-state index in [9.17, 15) is 0 Å². The molecule has 2 N–H and O–H groups in total. The predicted octanol–water partition coefficient (Wildman–Crippen LogP) is 1.15. The first-order valence-corrected chi connectivity index (χ1v) is 2.30. The highest BCUT2D eigenvalue weighted by atomic mass is 14.5. The van der Waals surface area contributed by atoms with Crippen LogP contribution in [0.25, 0.3) is 0 Å². The van der Waals surface area contributed by atoms with Gasteiger partial charge in [0.05, 0.1) is 0 Å². The molecule has 0 rings (SSSR count). The summed E-state index contributed by atoms with van der Waals surface area (Å²) in [4.78, 5) is 0. The quantitative estimate of drug-likeness (QED) is 0.536. The van der Waals surface area contributed by atoms with Crippen molar-refractivity contribution >= 4 is 0 Å². The summed E-state index contributed by atoms with van der Waals surface area (Å²) in [5, 5.41) is 0. The van der Waals surface area contributed by atoms with Crippen molar-refractivity contribution in [2.75, 3.05) is 0 Å². The van der Waals surface area contributed by atoms with Gasteiger partial charge in [-0.2, -0.15) is 0 Å². The summed E-state index contributed by atoms with van der Waals surface area (Å²) in [7, 11) is 0. The molecule has 1 nitrogen and oxygen atoms in total. The second-order valence-corrected chi connectivity index (χ2v) is 1.87. The third-order valence-electron chi connectivity index (χ3n) is 0.607. The predicted molar refractivity (Wildman–Crippen MR) is 27.9 cm³/mol. The Labute approximate surface area is 39.5 Å². The van der Waals surface area contributed by atoms with Gasteiger partial charge in [-0.05, 0) is 12.3 Å². The standard InChI is InChI=1S/C5H12N/c1-5(2)3-4-6/h4-5H,3,6H2,1-2H3. The molecule has 0 spiro atoms. The first-order chi connectivity index (χ1) is 2.77. The first-order valence-electron chi connectivity index (χ1n) is 2.30. The zero-order chi connectivity index (χ0) is 4.99. The Hall–Kier alpha value is -0.0400. The fraction of sp³-hybridized carbons (Fsp3) is 0.800. The Bertz CT molecular complexity index is 25.1. The highest BCUT2D eigenvalue weighted by molar-refractivity contribution is 4.55. The molecule has 0 aromatic rings. The van der Waals surface area contributed by atoms with Crippen molar-refractivity contribution in [3.63, 3.8) is 0 Å². The zero-order valence-corrected chi connectivity index (χ0v) is 4.44. The van der Waals surface area contributed by atoms with Crippen LogP contribution in [0.15, 0.2) is 0 Å². The normalized spacial score (nSPS) is 10.0. The first kappa shape index (κ1) is 5.96. The summed E-state index contributed by atoms with van der Waals surface area (Å²) in [6.45, 7) is 5.98. The molecular weight excluding hydrogens is 74.1 g/mol. The maximum absolute atomic E-state index is 5.10. The Morgan fingerprint density at radius 2 is 2.17 bits per heavy atom. The van der Waals surface area contributed by atoms with E-state index >= 15 is 0 Å². The van der Waals surface area contributed by atoms with Gasteiger partial charge in [0, 0.05) is 6.54 Å². The molecule has 0 unspecified atom stereocenters. The fourth-order valence-corrected chi connectivity index (χ4v) is 0.272. The van der Waals surface area contributed by atoms with Crippen molar-refractivity contribution in [3.05, 3.63) is 6.54 Å². The van der Waals surface area contributed by atoms with Crippen LogP contribution in [0.3, 0.4) is 0 Å². The van der Waals surface area contributed by atoms with Gasteiger partial charge in [-0.15, -0.1) is 0 Å². The van der Waals surface area contributed by atoms with Gasteiger partial charge in [0.25, 0.3) is 0 Å². The van der Waals surface area contributed by atoms with Gasteiger partial charge in [0.15, 0.2) is 0 Å². The summed E-state index contributed by atoms with van der Waals surface area (Å²) in [5.41, 5.74) is 5.10. The molecule has 0 aromatic heterocycles. The summed E-state index contributed by atoms with van der Waals surface area (Å²) in [5.74, 6) is 0.718. The topological polar surface area (TPSA) is 26.0 Å². The van der Waals surface area contributed by atoms with Crippen LogP contribution in [-0.2, 0) is 0 Å². The number of hydrogen-bond donors (Lipinski definition) is 1. The van der Waals surface area contributed by atoms with Crippen LogP contribution >= 0.6 is 0 Å². The van der Waals surface area contributed by atoms with E-state index in [2.05, 4.69) is 13.8 Å². The lowest BCUT2D eigenvalue weighted by molar-refractivity contribution is 0.634. The molecule has 1 radical (unpaired) electrons. The average molecular weight is 86.2 g/mol. The Morgan fingerprint density at radius 3 is 2.17 bits per heavy atom. The lowest BCUT2D eigenvalue weighted by Gasteiger charge is -1.95. The maximum Gasteiger partial charge on any atom is 0.0194 e. The van der Waals surface area contributed by atoms with Gasteiger partial charge in [-0.3, -0.25) is 0 Å². The monoisotopic (exact) mass is 86.1 g/mol. The van der Waals surface area contributed by atoms with Crippen LogP contribution in [0.1, 0.15) is 20.3 Å². The zero-order valence-electron chi connectivity index (χ0n) is 4.44. The molecule has 0 saturated heterocycles. The number of nitrogens with two attached hydrogens (primary N) is 1. The second-order valence-electron chi connectivity index (χ2n) is 1.87. The molecule has 1 heteroatoms. The van der Waals surface area contributed by atoms with E-state index in [0.717, 1.165) is 12.3 Å². The van der Waals surface area contributed by atoms with Crippen molar-refractivity contribution in [2.45, 2.75) is 20.3 Å². The van der Waals surface area contributed by atoms with Gasteiger partial charge >= 0.3 is 0 Å². The van der Waals surface area contributed by atoms with Gasteiger partial charge in [-0.25, -0.2) is 0 Å². The summed E-state index contributed by atoms with van der Waals surface area (Å²) < 4.78 is 0. The molecule has 0 fully saturated rings. The SMILES string of the molecule is CC(C)C[CH]N. The number of hydrogen-bond acceptors (Lipinski definition) is 1. The third-order valence-corrected chi connectivity index (χ3v) is 0.607. The highest BCUT2D eigenvalue weighted by Crippen LogP contribution is 1.96. The largest absolute Gasteiger partial charge is 0.326 e. The van der Waals surface area contributed by atoms with E-state index in [1.807, 2.05) is 0 Å². The van der Waals surface area contributed by atoms with Crippen LogP contribution in [0.5, 0.6) is 0 Å². The Morgan fingerprint density at radius 1 is 1.67 bits per heavy atom. The van der Waals surface area contributed by atoms with Gasteiger partial charge in [0.1, 0.15) is 0 Å². The van der Waals surface area contributed by atoms with E-state index in [0.29, 0.717) is 0 Å². The molecular formula is C5H12N. The molecule has 0 aliphatic heterocycles. The second kappa shape index (κ2) is 3.16. The molecule has 0 saturated carbocycles. The molecule has 0 aliphatic carbocycles. The van der Waals surface area contributed by atoms with Crippen LogP contribution in [-0.4, -0.2) is 0 Å². The summed E-state index contributed by atoms with van der Waals surface area (Å²) in [6, 6.07) is 0. The van der Waals surface area contributed by atoms with Gasteiger partial charge in [0.2, 0.25) is 0 Å². The lowest BCUT2D eigenvalue weighted by atomic mass is 10.1. The van der Waals surface area contributed by atoms with Crippen LogP contribution in [0, 0.1) is 12.5 Å². The van der Waals surface area contributed by atoms with E-state index in [1.165, 1.54) is 0 Å². The molecule has 0 atom stereocenters. The van der Waals surface area contributed by atoms with Crippen LogP contribution in [0.4, 0.5) is 0 Å². The highest BCUT2D eigenvalue weighted by Gasteiger charge is 1.86. The minimum atomic E-state index is 0.718. The third kappa shape index (κ3) is 3.96. The van der Waals surface area contributed by atoms with E-state index < -0.39 is 0 Å². The van der Waals surface area contributed by atoms with Crippen LogP contribution < -0.4 is 5.73 Å². The molecule has 0 amide bonds. The van der Waals surface area contributed by atoms with Crippen LogP contribution in [0.2, 0.25) is 0 Å². The minimum absolute atomic E-state index is 0.718. The van der Waals surface area contributed by atoms with Crippen molar-refractivity contribution in [3.8, 4) is 0 Å². The van der Waals surface area contributed by atoms with Gasteiger partial charge in [-0.1, -0.05) is 13.8 Å². The Balaban J connectivity index is 2.63. The number of rotatable bonds is 2. The summed E-state index contributed by atoms with van der Waals surface area (Å²) in [6.07, 6.45) is 1.03. The Kier molecular flexibility index (Phi) is 3.14. The molecule has 0 aromatic carbocycles. The van der Waals surface area contributed by atoms with Crippen molar-refractivity contribution in [1.29, 1.82) is 0 Å². The fourth-order valence-electron chi connectivity index (χ4n) is 0.272. The van der Waals surface area contributed by atoms with E-state index in [1.54, 1.807) is 6.54 Å².